The highest BCUT2D eigenvalue weighted by Crippen LogP contribution is 2.39. The Labute approximate surface area is 246 Å². The van der Waals surface area contributed by atoms with Crippen LogP contribution in [0.4, 0.5) is 21.0 Å². The lowest BCUT2D eigenvalue weighted by Crippen LogP contribution is -2.44. The monoisotopic (exact) mass is 591 g/mol. The van der Waals surface area contributed by atoms with Gasteiger partial charge in [-0.2, -0.15) is 5.10 Å². The number of ether oxygens (including phenoxy) is 1. The van der Waals surface area contributed by atoms with E-state index < -0.39 is 20.2 Å². The van der Waals surface area contributed by atoms with Gasteiger partial charge >= 0.3 is 6.03 Å². The Hall–Kier alpha value is -4.03. The fourth-order valence-electron chi connectivity index (χ4n) is 4.73. The number of nitrogens with one attached hydrogen (secondary N) is 1. The summed E-state index contributed by atoms with van der Waals surface area (Å²) in [5.41, 5.74) is 3.86. The van der Waals surface area contributed by atoms with Crippen LogP contribution in [0.3, 0.4) is 0 Å². The van der Waals surface area contributed by atoms with E-state index in [1.165, 1.54) is 19.2 Å². The number of aromatic nitrogens is 5. The number of nitrogens with zero attached hydrogens (tertiary/aromatic N) is 6. The number of anilines is 2. The van der Waals surface area contributed by atoms with Crippen LogP contribution >= 0.6 is 0 Å². The van der Waals surface area contributed by atoms with E-state index in [1.54, 1.807) is 38.8 Å². The lowest BCUT2D eigenvalue weighted by Gasteiger charge is -2.38. The van der Waals surface area contributed by atoms with Crippen LogP contribution in [0.1, 0.15) is 43.6 Å². The highest BCUT2D eigenvalue weighted by atomic mass is 28.4. The number of benzene rings is 1. The lowest BCUT2D eigenvalue weighted by atomic mass is 10.1. The summed E-state index contributed by atoms with van der Waals surface area (Å²) >= 11 is 0. The van der Waals surface area contributed by atoms with Gasteiger partial charge in [0.15, 0.2) is 8.32 Å². The van der Waals surface area contributed by atoms with Crippen molar-refractivity contribution < 1.29 is 18.3 Å². The van der Waals surface area contributed by atoms with Crippen LogP contribution in [0.2, 0.25) is 18.1 Å². The molecule has 1 amide bonds. The Morgan fingerprint density at radius 3 is 2.60 bits per heavy atom. The molecule has 1 aliphatic heterocycles. The molecule has 0 saturated heterocycles. The van der Waals surface area contributed by atoms with Crippen LogP contribution in [0.25, 0.3) is 11.3 Å². The van der Waals surface area contributed by atoms with Crippen molar-refractivity contribution in [2.45, 2.75) is 58.4 Å². The Bertz CT molecular complexity index is 1630. The molecule has 4 aromatic rings. The van der Waals surface area contributed by atoms with Crippen molar-refractivity contribution in [1.29, 1.82) is 0 Å². The molecule has 222 valence electrons. The van der Waals surface area contributed by atoms with E-state index >= 15 is 0 Å². The predicted molar refractivity (Wildman–Crippen MR) is 162 cm³/mol. The molecule has 0 fully saturated rings. The maximum atomic E-state index is 14.6. The first-order chi connectivity index (χ1) is 19.8. The van der Waals surface area contributed by atoms with Crippen molar-refractivity contribution in [3.05, 3.63) is 71.6 Å². The molecule has 4 heterocycles. The van der Waals surface area contributed by atoms with Crippen molar-refractivity contribution in [3.8, 4) is 17.0 Å². The molecular formula is C30H38FN7O3Si. The van der Waals surface area contributed by atoms with Crippen LogP contribution < -0.4 is 10.1 Å². The van der Waals surface area contributed by atoms with Crippen molar-refractivity contribution in [3.63, 3.8) is 0 Å². The van der Waals surface area contributed by atoms with Gasteiger partial charge in [0.25, 0.3) is 0 Å². The summed E-state index contributed by atoms with van der Waals surface area (Å²) < 4.78 is 29.9. The molecule has 1 N–H and O–H groups in total. The molecule has 0 unspecified atom stereocenters. The highest BCUT2D eigenvalue weighted by Gasteiger charge is 2.40. The van der Waals surface area contributed by atoms with E-state index in [1.807, 2.05) is 26.1 Å². The highest BCUT2D eigenvalue weighted by molar-refractivity contribution is 6.74. The van der Waals surface area contributed by atoms with Gasteiger partial charge in [-0.3, -0.25) is 9.25 Å². The van der Waals surface area contributed by atoms with E-state index in [0.717, 1.165) is 28.3 Å². The summed E-state index contributed by atoms with van der Waals surface area (Å²) in [6, 6.07) is 7.66. The van der Waals surface area contributed by atoms with E-state index in [9.17, 15) is 9.18 Å². The summed E-state index contributed by atoms with van der Waals surface area (Å²) in [6.45, 7) is 13.4. The lowest BCUT2D eigenvalue weighted by molar-refractivity contribution is 0.144. The average molecular weight is 592 g/mol. The maximum absolute atomic E-state index is 14.6. The third-order valence-corrected chi connectivity index (χ3v) is 12.8. The second-order valence-corrected chi connectivity index (χ2v) is 17.0. The van der Waals surface area contributed by atoms with Gasteiger partial charge in [-0.25, -0.2) is 19.2 Å². The quantitative estimate of drug-likeness (QED) is 0.224. The zero-order valence-electron chi connectivity index (χ0n) is 25.4. The van der Waals surface area contributed by atoms with Crippen molar-refractivity contribution in [2.75, 3.05) is 19.0 Å². The zero-order valence-corrected chi connectivity index (χ0v) is 26.4. The van der Waals surface area contributed by atoms with Gasteiger partial charge in [0, 0.05) is 42.8 Å². The van der Waals surface area contributed by atoms with Gasteiger partial charge in [0.2, 0.25) is 5.95 Å². The molecule has 0 saturated carbocycles. The van der Waals surface area contributed by atoms with Gasteiger partial charge in [-0.05, 0) is 54.4 Å². The second kappa shape index (κ2) is 11.0. The van der Waals surface area contributed by atoms with Crippen molar-refractivity contribution in [2.24, 2.45) is 7.05 Å². The third kappa shape index (κ3) is 5.68. The zero-order chi connectivity index (χ0) is 30.4. The van der Waals surface area contributed by atoms with Crippen molar-refractivity contribution >= 4 is 26.1 Å². The molecule has 5 rings (SSSR count). The molecule has 0 radical (unpaired) electrons. The van der Waals surface area contributed by atoms with E-state index in [4.69, 9.17) is 14.1 Å². The summed E-state index contributed by atoms with van der Waals surface area (Å²) in [5, 5.41) is 7.33. The number of carbonyl (C=O) groups is 1. The maximum Gasteiger partial charge on any atom is 0.329 e. The minimum atomic E-state index is -2.16. The largest absolute Gasteiger partial charge is 0.497 e. The first kappa shape index (κ1) is 29.5. The Morgan fingerprint density at radius 2 is 1.95 bits per heavy atom. The Kier molecular flexibility index (Phi) is 7.71. The Balaban J connectivity index is 1.44. The molecule has 3 aromatic heterocycles. The summed E-state index contributed by atoms with van der Waals surface area (Å²) in [7, 11) is 1.17. The number of methoxy groups -OCH3 is 1. The second-order valence-electron chi connectivity index (χ2n) is 12.2. The van der Waals surface area contributed by atoms with Gasteiger partial charge in [0.1, 0.15) is 17.4 Å². The smallest absolute Gasteiger partial charge is 0.329 e. The van der Waals surface area contributed by atoms with E-state index in [2.05, 4.69) is 49.3 Å². The van der Waals surface area contributed by atoms with Crippen LogP contribution in [0, 0.1) is 12.7 Å². The molecule has 0 spiro atoms. The number of fused-ring (bicyclic) bond motifs is 1. The molecule has 1 atom stereocenters. The number of hydrogen-bond acceptors (Lipinski definition) is 7. The van der Waals surface area contributed by atoms with Gasteiger partial charge in [-0.1, -0.05) is 20.8 Å². The number of hydrogen-bond donors (Lipinski definition) is 1. The number of amides is 1. The van der Waals surface area contributed by atoms with Gasteiger partial charge in [-0.15, -0.1) is 0 Å². The number of rotatable bonds is 9. The van der Waals surface area contributed by atoms with Gasteiger partial charge < -0.3 is 19.4 Å². The fraction of sp³-hybridized carbons (Fsp3) is 0.400. The normalized spacial score (nSPS) is 14.3. The topological polar surface area (TPSA) is 99.3 Å². The molecule has 1 aliphatic rings. The predicted octanol–water partition coefficient (Wildman–Crippen LogP) is 6.43. The number of carbonyl (C=O) groups excluding carboxylic acids is 1. The fourth-order valence-corrected chi connectivity index (χ4v) is 5.74. The first-order valence-corrected chi connectivity index (χ1v) is 16.8. The molecule has 12 heteroatoms. The molecule has 1 aromatic carbocycles. The van der Waals surface area contributed by atoms with Gasteiger partial charge in [0.05, 0.1) is 38.2 Å². The van der Waals surface area contributed by atoms with Crippen LogP contribution in [-0.4, -0.2) is 57.3 Å². The third-order valence-electron chi connectivity index (χ3n) is 8.29. The summed E-state index contributed by atoms with van der Waals surface area (Å²) in [5.74, 6) is 1.16. The minimum absolute atomic E-state index is 0.0216. The average Bonchev–Trinajstić information content (AvgIpc) is 3.60. The van der Waals surface area contributed by atoms with E-state index in [0.29, 0.717) is 23.8 Å². The van der Waals surface area contributed by atoms with E-state index in [-0.39, 0.29) is 17.7 Å². The molecular weight excluding hydrogens is 553 g/mol. The van der Waals surface area contributed by atoms with Crippen molar-refractivity contribution in [1.82, 2.24) is 29.2 Å². The minimum Gasteiger partial charge on any atom is -0.497 e. The number of halogens is 1. The molecule has 42 heavy (non-hydrogen) atoms. The van der Waals surface area contributed by atoms with Crippen LogP contribution in [0.5, 0.6) is 5.75 Å². The molecule has 10 nitrogen and oxygen atoms in total. The molecule has 0 bridgehead atoms. The standard InChI is InChI=1S/C30H38FN7O3Si/c1-19-15-32-28(34-26-9-10-33-36(26)5)35-27(19)21-12-23-17-38(29(39)37(23)16-21)25(18-41-42(7,8)30(2,3)4)20-11-22(31)14-24(13-20)40-6/h9-16,25H,17-18H2,1-8H3,(H,32,34,35)/t25-/m1/s1. The summed E-state index contributed by atoms with van der Waals surface area (Å²) in [4.78, 5) is 24.8. The Morgan fingerprint density at radius 1 is 1.19 bits per heavy atom. The first-order valence-electron chi connectivity index (χ1n) is 13.9. The summed E-state index contributed by atoms with van der Waals surface area (Å²) in [6.07, 6.45) is 5.25. The molecule has 0 aliphatic carbocycles. The number of aryl methyl sites for hydroxylation is 2. The van der Waals surface area contributed by atoms with Crippen LogP contribution in [-0.2, 0) is 18.0 Å². The SMILES string of the molecule is COc1cc(F)cc([C@@H](CO[Si](C)(C)C(C)(C)C)N2Cc3cc(-c4nc(Nc5ccnn5C)ncc4C)cn3C2=O)c1. The van der Waals surface area contributed by atoms with Crippen LogP contribution in [0.15, 0.2) is 48.9 Å².